The van der Waals surface area contributed by atoms with Crippen molar-refractivity contribution in [3.8, 4) is 11.1 Å². The Labute approximate surface area is 178 Å². The van der Waals surface area contributed by atoms with Crippen LogP contribution in [-0.2, 0) is 9.59 Å². The molecule has 152 valence electrons. The smallest absolute Gasteiger partial charge is 0.414 e. The molecule has 2 N–H and O–H groups in total. The number of hydrogen-bond donors (Lipinski definition) is 2. The van der Waals surface area contributed by atoms with Gasteiger partial charge in [-0.15, -0.1) is 11.8 Å². The standard InChI is InChI=1S/C19H19ClN2S.C2H2O4/c1-22(2)10-11-23-19-17(14-6-4-3-5-7-14)13-15-12-16(20)8-9-18(15)21-19;3-1(4)2(5)6/h3-9,12-13H,10-11H2,1-2H3;(H,3,4)(H,5,6). The van der Waals surface area contributed by atoms with Gasteiger partial charge < -0.3 is 15.1 Å². The number of hydrogen-bond acceptors (Lipinski definition) is 5. The van der Waals surface area contributed by atoms with Gasteiger partial charge >= 0.3 is 11.9 Å². The number of thioether (sulfide) groups is 1. The average molecular weight is 433 g/mol. The quantitative estimate of drug-likeness (QED) is 0.457. The SMILES string of the molecule is CN(C)CCSc1nc2ccc(Cl)cc2cc1-c1ccccc1.O=C(O)C(=O)O. The molecule has 3 aromatic rings. The highest BCUT2D eigenvalue weighted by Crippen LogP contribution is 2.33. The summed E-state index contributed by atoms with van der Waals surface area (Å²) < 4.78 is 0. The molecular formula is C21H21ClN2O4S. The van der Waals surface area contributed by atoms with Crippen molar-refractivity contribution >= 4 is 46.2 Å². The number of nitrogens with zero attached hydrogens (tertiary/aromatic N) is 2. The highest BCUT2D eigenvalue weighted by Gasteiger charge is 2.10. The minimum absolute atomic E-state index is 0.742. The predicted octanol–water partition coefficient (Wildman–Crippen LogP) is 4.36. The Kier molecular flexibility index (Phi) is 8.45. The van der Waals surface area contributed by atoms with E-state index < -0.39 is 11.9 Å². The predicted molar refractivity (Wildman–Crippen MR) is 117 cm³/mol. The molecule has 2 aromatic carbocycles. The first-order valence-corrected chi connectivity index (χ1v) is 10.0. The third-order valence-corrected chi connectivity index (χ3v) is 4.99. The molecule has 1 aromatic heterocycles. The second kappa shape index (κ2) is 10.8. The summed E-state index contributed by atoms with van der Waals surface area (Å²) in [6.07, 6.45) is 0. The number of aromatic nitrogens is 1. The summed E-state index contributed by atoms with van der Waals surface area (Å²) in [6, 6.07) is 18.5. The Morgan fingerprint density at radius 1 is 1.03 bits per heavy atom. The summed E-state index contributed by atoms with van der Waals surface area (Å²) in [5.41, 5.74) is 3.35. The number of carbonyl (C=O) groups is 2. The van der Waals surface area contributed by atoms with Crippen molar-refractivity contribution < 1.29 is 19.8 Å². The van der Waals surface area contributed by atoms with E-state index in [0.29, 0.717) is 0 Å². The number of fused-ring (bicyclic) bond motifs is 1. The monoisotopic (exact) mass is 432 g/mol. The van der Waals surface area contributed by atoms with Gasteiger partial charge in [0.15, 0.2) is 0 Å². The van der Waals surface area contributed by atoms with Crippen molar-refractivity contribution in [3.63, 3.8) is 0 Å². The number of carboxylic acids is 2. The first-order chi connectivity index (χ1) is 13.8. The molecule has 0 saturated carbocycles. The molecule has 8 heteroatoms. The Hall–Kier alpha value is -2.61. The highest BCUT2D eigenvalue weighted by molar-refractivity contribution is 7.99. The summed E-state index contributed by atoms with van der Waals surface area (Å²) in [5.74, 6) is -2.64. The summed E-state index contributed by atoms with van der Waals surface area (Å²) >= 11 is 7.94. The molecule has 0 fully saturated rings. The van der Waals surface area contributed by atoms with Gasteiger partial charge in [0.25, 0.3) is 0 Å². The lowest BCUT2D eigenvalue weighted by atomic mass is 10.1. The lowest BCUT2D eigenvalue weighted by molar-refractivity contribution is -0.159. The van der Waals surface area contributed by atoms with Crippen molar-refractivity contribution in [3.05, 3.63) is 59.6 Å². The van der Waals surface area contributed by atoms with Crippen molar-refractivity contribution in [1.82, 2.24) is 9.88 Å². The molecule has 0 amide bonds. The number of carboxylic acid groups (broad SMARTS) is 2. The number of pyridine rings is 1. The summed E-state index contributed by atoms with van der Waals surface area (Å²) in [5, 5.41) is 17.7. The van der Waals surface area contributed by atoms with Crippen LogP contribution in [0.3, 0.4) is 0 Å². The van der Waals surface area contributed by atoms with Gasteiger partial charge in [-0.25, -0.2) is 14.6 Å². The van der Waals surface area contributed by atoms with E-state index in [1.165, 1.54) is 11.1 Å². The van der Waals surface area contributed by atoms with E-state index in [-0.39, 0.29) is 0 Å². The van der Waals surface area contributed by atoms with Gasteiger partial charge in [0.1, 0.15) is 5.03 Å². The first-order valence-electron chi connectivity index (χ1n) is 8.67. The molecule has 0 radical (unpaired) electrons. The largest absolute Gasteiger partial charge is 0.473 e. The van der Waals surface area contributed by atoms with Crippen LogP contribution < -0.4 is 0 Å². The second-order valence-corrected chi connectivity index (χ2v) is 7.83. The topological polar surface area (TPSA) is 90.7 Å². The van der Waals surface area contributed by atoms with Gasteiger partial charge in [0, 0.05) is 28.3 Å². The fourth-order valence-corrected chi connectivity index (χ4v) is 3.71. The van der Waals surface area contributed by atoms with Crippen LogP contribution in [0.5, 0.6) is 0 Å². The molecule has 6 nitrogen and oxygen atoms in total. The molecule has 0 atom stereocenters. The average Bonchev–Trinajstić information content (AvgIpc) is 2.68. The summed E-state index contributed by atoms with van der Waals surface area (Å²) in [4.78, 5) is 25.3. The van der Waals surface area contributed by atoms with Gasteiger partial charge in [0.2, 0.25) is 0 Å². The van der Waals surface area contributed by atoms with Gasteiger partial charge in [0.05, 0.1) is 5.52 Å². The maximum Gasteiger partial charge on any atom is 0.414 e. The number of halogens is 1. The van der Waals surface area contributed by atoms with E-state index in [0.717, 1.165) is 33.2 Å². The third-order valence-electron chi connectivity index (χ3n) is 3.79. The molecule has 1 heterocycles. The Morgan fingerprint density at radius 3 is 2.28 bits per heavy atom. The van der Waals surface area contributed by atoms with Gasteiger partial charge in [-0.05, 0) is 43.9 Å². The van der Waals surface area contributed by atoms with Crippen LogP contribution in [0.4, 0.5) is 0 Å². The molecule has 0 aliphatic carbocycles. The fourth-order valence-electron chi connectivity index (χ4n) is 2.39. The maximum absolute atomic E-state index is 9.10. The number of rotatable bonds is 5. The minimum Gasteiger partial charge on any atom is -0.473 e. The maximum atomic E-state index is 9.10. The van der Waals surface area contributed by atoms with Crippen LogP contribution >= 0.6 is 23.4 Å². The normalized spacial score (nSPS) is 10.5. The Balaban J connectivity index is 0.000000438. The second-order valence-electron chi connectivity index (χ2n) is 6.31. The zero-order valence-corrected chi connectivity index (χ0v) is 17.6. The zero-order chi connectivity index (χ0) is 21.4. The van der Waals surface area contributed by atoms with Crippen LogP contribution in [0.2, 0.25) is 5.02 Å². The number of benzene rings is 2. The first kappa shape index (κ1) is 22.7. The molecule has 29 heavy (non-hydrogen) atoms. The molecule has 0 aliphatic rings. The van der Waals surface area contributed by atoms with Crippen LogP contribution in [0.15, 0.2) is 59.6 Å². The van der Waals surface area contributed by atoms with Crippen molar-refractivity contribution in [2.24, 2.45) is 0 Å². The van der Waals surface area contributed by atoms with Crippen molar-refractivity contribution in [2.75, 3.05) is 26.4 Å². The molecule has 0 bridgehead atoms. The fraction of sp³-hybridized carbons (Fsp3) is 0.190. The lowest BCUT2D eigenvalue weighted by Gasteiger charge is -2.13. The Morgan fingerprint density at radius 2 is 1.69 bits per heavy atom. The third kappa shape index (κ3) is 7.05. The molecule has 0 aliphatic heterocycles. The summed E-state index contributed by atoms with van der Waals surface area (Å²) in [7, 11) is 4.18. The minimum atomic E-state index is -1.82. The van der Waals surface area contributed by atoms with Crippen molar-refractivity contribution in [2.45, 2.75) is 5.03 Å². The van der Waals surface area contributed by atoms with E-state index in [4.69, 9.17) is 36.4 Å². The van der Waals surface area contributed by atoms with Crippen LogP contribution in [0.1, 0.15) is 0 Å². The zero-order valence-electron chi connectivity index (χ0n) is 16.0. The van der Waals surface area contributed by atoms with Gasteiger partial charge in [-0.2, -0.15) is 0 Å². The van der Waals surface area contributed by atoms with Crippen LogP contribution in [-0.4, -0.2) is 58.4 Å². The van der Waals surface area contributed by atoms with Crippen molar-refractivity contribution in [1.29, 1.82) is 0 Å². The molecule has 3 rings (SSSR count). The van der Waals surface area contributed by atoms with Crippen LogP contribution in [0.25, 0.3) is 22.0 Å². The molecule has 0 spiro atoms. The lowest BCUT2D eigenvalue weighted by Crippen LogP contribution is -2.14. The van der Waals surface area contributed by atoms with Crippen LogP contribution in [0, 0.1) is 0 Å². The molecule has 0 unspecified atom stereocenters. The van der Waals surface area contributed by atoms with E-state index in [9.17, 15) is 0 Å². The van der Waals surface area contributed by atoms with Gasteiger partial charge in [-0.3, -0.25) is 0 Å². The highest BCUT2D eigenvalue weighted by atomic mass is 35.5. The van der Waals surface area contributed by atoms with E-state index >= 15 is 0 Å². The summed E-state index contributed by atoms with van der Waals surface area (Å²) in [6.45, 7) is 1.03. The molecular weight excluding hydrogens is 412 g/mol. The van der Waals surface area contributed by atoms with E-state index in [1.54, 1.807) is 11.8 Å². The van der Waals surface area contributed by atoms with E-state index in [1.807, 2.05) is 24.3 Å². The Bertz CT molecular complexity index is 985. The number of aliphatic carboxylic acids is 2. The molecule has 0 saturated heterocycles. The van der Waals surface area contributed by atoms with E-state index in [2.05, 4.69) is 49.3 Å². The van der Waals surface area contributed by atoms with Gasteiger partial charge in [-0.1, -0.05) is 41.9 Å².